The van der Waals surface area contributed by atoms with Gasteiger partial charge in [-0.1, -0.05) is 30.3 Å². The van der Waals surface area contributed by atoms with E-state index in [9.17, 15) is 4.79 Å². The number of nitrogens with zero attached hydrogens (tertiary/aromatic N) is 1. The van der Waals surface area contributed by atoms with Gasteiger partial charge in [-0.3, -0.25) is 0 Å². The molecule has 3 rings (SSSR count). The lowest BCUT2D eigenvalue weighted by molar-refractivity contribution is 0.106. The van der Waals surface area contributed by atoms with Gasteiger partial charge in [-0.05, 0) is 44.1 Å². The topological polar surface area (TPSA) is 41.6 Å². The fraction of sp³-hybridized carbons (Fsp3) is 0.611. The number of rotatable bonds is 6. The molecule has 120 valence electrons. The van der Waals surface area contributed by atoms with E-state index in [4.69, 9.17) is 4.74 Å². The van der Waals surface area contributed by atoms with Crippen molar-refractivity contribution in [2.75, 3.05) is 13.2 Å². The van der Waals surface area contributed by atoms with Crippen LogP contribution in [0.15, 0.2) is 30.3 Å². The van der Waals surface area contributed by atoms with Gasteiger partial charge in [0.1, 0.15) is 0 Å². The molecule has 4 heteroatoms. The lowest BCUT2D eigenvalue weighted by Gasteiger charge is -2.30. The molecule has 1 N–H and O–H groups in total. The molecule has 0 bridgehead atoms. The van der Waals surface area contributed by atoms with Crippen molar-refractivity contribution < 1.29 is 9.53 Å². The summed E-state index contributed by atoms with van der Waals surface area (Å²) in [5.74, 6) is 0.664. The van der Waals surface area contributed by atoms with E-state index in [1.54, 1.807) is 0 Å². The Labute approximate surface area is 132 Å². The van der Waals surface area contributed by atoms with Crippen LogP contribution in [-0.2, 0) is 11.3 Å². The van der Waals surface area contributed by atoms with Crippen LogP contribution < -0.4 is 5.32 Å². The molecule has 2 atom stereocenters. The van der Waals surface area contributed by atoms with E-state index in [0.29, 0.717) is 25.0 Å². The number of benzene rings is 1. The fourth-order valence-electron chi connectivity index (χ4n) is 3.12. The standard InChI is InChI=1S/C18H26N2O2/c1-14(16-9-10-16)20(13-15-6-3-2-4-7-15)18(21)19-12-17-8-5-11-22-17/h2-4,6-7,14,16-17H,5,8-13H2,1H3,(H,19,21)/t14-,17-/m1/s1. The maximum atomic E-state index is 12.6. The van der Waals surface area contributed by atoms with Gasteiger partial charge < -0.3 is 15.0 Å². The second kappa shape index (κ2) is 7.14. The molecule has 2 amide bonds. The van der Waals surface area contributed by atoms with Crippen LogP contribution in [0.1, 0.15) is 38.2 Å². The number of urea groups is 1. The van der Waals surface area contributed by atoms with E-state index in [2.05, 4.69) is 24.4 Å². The highest BCUT2D eigenvalue weighted by atomic mass is 16.5. The van der Waals surface area contributed by atoms with Crippen LogP contribution in [0.25, 0.3) is 0 Å². The van der Waals surface area contributed by atoms with E-state index >= 15 is 0 Å². The second-order valence-electron chi connectivity index (χ2n) is 6.51. The van der Waals surface area contributed by atoms with Crippen molar-refractivity contribution in [2.45, 2.75) is 51.3 Å². The van der Waals surface area contributed by atoms with Crippen LogP contribution in [0, 0.1) is 5.92 Å². The number of hydrogen-bond donors (Lipinski definition) is 1. The first-order valence-corrected chi connectivity index (χ1v) is 8.44. The highest BCUT2D eigenvalue weighted by Gasteiger charge is 2.34. The van der Waals surface area contributed by atoms with Crippen molar-refractivity contribution in [3.63, 3.8) is 0 Å². The van der Waals surface area contributed by atoms with Gasteiger partial charge in [0.2, 0.25) is 0 Å². The van der Waals surface area contributed by atoms with Crippen molar-refractivity contribution >= 4 is 6.03 Å². The van der Waals surface area contributed by atoms with E-state index < -0.39 is 0 Å². The number of carbonyl (C=O) groups excluding carboxylic acids is 1. The van der Waals surface area contributed by atoms with Gasteiger partial charge in [-0.15, -0.1) is 0 Å². The number of nitrogens with one attached hydrogen (secondary N) is 1. The van der Waals surface area contributed by atoms with Crippen molar-refractivity contribution in [2.24, 2.45) is 5.92 Å². The molecule has 1 heterocycles. The summed E-state index contributed by atoms with van der Waals surface area (Å²) in [5.41, 5.74) is 1.18. The molecule has 0 aromatic heterocycles. The first kappa shape index (κ1) is 15.3. The van der Waals surface area contributed by atoms with Gasteiger partial charge in [0.25, 0.3) is 0 Å². The molecule has 2 fully saturated rings. The van der Waals surface area contributed by atoms with Gasteiger partial charge in [0.15, 0.2) is 0 Å². The minimum Gasteiger partial charge on any atom is -0.376 e. The summed E-state index contributed by atoms with van der Waals surface area (Å²) in [7, 11) is 0. The first-order valence-electron chi connectivity index (χ1n) is 8.44. The third-order valence-electron chi connectivity index (χ3n) is 4.76. The fourth-order valence-corrected chi connectivity index (χ4v) is 3.12. The second-order valence-corrected chi connectivity index (χ2v) is 6.51. The average Bonchev–Trinajstić information content (AvgIpc) is 3.27. The van der Waals surface area contributed by atoms with Gasteiger partial charge in [0, 0.05) is 25.7 Å². The van der Waals surface area contributed by atoms with Gasteiger partial charge in [-0.2, -0.15) is 0 Å². The Hall–Kier alpha value is -1.55. The Balaban J connectivity index is 1.60. The van der Waals surface area contributed by atoms with E-state index in [1.165, 1.54) is 18.4 Å². The number of hydrogen-bond acceptors (Lipinski definition) is 2. The zero-order chi connectivity index (χ0) is 15.4. The largest absolute Gasteiger partial charge is 0.376 e. The number of amides is 2. The molecule has 0 spiro atoms. The molecule has 1 aliphatic heterocycles. The molecule has 0 unspecified atom stereocenters. The summed E-state index contributed by atoms with van der Waals surface area (Å²) in [6.07, 6.45) is 4.83. The molecule has 2 aliphatic rings. The minimum atomic E-state index is 0.0405. The molecule has 22 heavy (non-hydrogen) atoms. The van der Waals surface area contributed by atoms with Gasteiger partial charge in [-0.25, -0.2) is 4.79 Å². The zero-order valence-corrected chi connectivity index (χ0v) is 13.3. The van der Waals surface area contributed by atoms with Crippen LogP contribution >= 0.6 is 0 Å². The Kier molecular flexibility index (Phi) is 4.98. The van der Waals surface area contributed by atoms with E-state index in [0.717, 1.165) is 19.4 Å². The lowest BCUT2D eigenvalue weighted by atomic mass is 10.1. The maximum absolute atomic E-state index is 12.6. The Bertz CT molecular complexity index is 481. The normalized spacial score (nSPS) is 22.3. The molecular formula is C18H26N2O2. The zero-order valence-electron chi connectivity index (χ0n) is 13.3. The Morgan fingerprint density at radius 1 is 1.32 bits per heavy atom. The van der Waals surface area contributed by atoms with Crippen molar-refractivity contribution in [3.8, 4) is 0 Å². The summed E-state index contributed by atoms with van der Waals surface area (Å²) in [6, 6.07) is 10.6. The van der Waals surface area contributed by atoms with E-state index in [-0.39, 0.29) is 12.1 Å². The molecule has 1 saturated heterocycles. The number of ether oxygens (including phenoxy) is 1. The Morgan fingerprint density at radius 2 is 2.09 bits per heavy atom. The maximum Gasteiger partial charge on any atom is 0.318 e. The third kappa shape index (κ3) is 4.01. The summed E-state index contributed by atoms with van der Waals surface area (Å²) >= 11 is 0. The predicted molar refractivity (Wildman–Crippen MR) is 86.5 cm³/mol. The van der Waals surface area contributed by atoms with Crippen LogP contribution in [0.4, 0.5) is 4.79 Å². The van der Waals surface area contributed by atoms with Crippen molar-refractivity contribution in [1.82, 2.24) is 10.2 Å². The Morgan fingerprint density at radius 3 is 2.73 bits per heavy atom. The summed E-state index contributed by atoms with van der Waals surface area (Å²) in [5, 5.41) is 3.07. The van der Waals surface area contributed by atoms with Crippen molar-refractivity contribution in [1.29, 1.82) is 0 Å². The molecule has 1 saturated carbocycles. The molecule has 0 radical (unpaired) electrons. The SMILES string of the molecule is C[C@H](C1CC1)N(Cc1ccccc1)C(=O)NC[C@H]1CCCO1. The predicted octanol–water partition coefficient (Wildman–Crippen LogP) is 3.18. The lowest BCUT2D eigenvalue weighted by Crippen LogP contribution is -2.47. The average molecular weight is 302 g/mol. The van der Waals surface area contributed by atoms with Crippen LogP contribution in [0.3, 0.4) is 0 Å². The van der Waals surface area contributed by atoms with Crippen LogP contribution in [0.5, 0.6) is 0 Å². The van der Waals surface area contributed by atoms with E-state index in [1.807, 2.05) is 23.1 Å². The minimum absolute atomic E-state index is 0.0405. The highest BCUT2D eigenvalue weighted by Crippen LogP contribution is 2.35. The first-order chi connectivity index (χ1) is 10.7. The smallest absolute Gasteiger partial charge is 0.318 e. The van der Waals surface area contributed by atoms with Crippen molar-refractivity contribution in [3.05, 3.63) is 35.9 Å². The quantitative estimate of drug-likeness (QED) is 0.877. The molecular weight excluding hydrogens is 276 g/mol. The van der Waals surface area contributed by atoms with Crippen LogP contribution in [0.2, 0.25) is 0 Å². The molecule has 1 aliphatic carbocycles. The van der Waals surface area contributed by atoms with Crippen LogP contribution in [-0.4, -0.2) is 36.2 Å². The molecule has 4 nitrogen and oxygen atoms in total. The monoisotopic (exact) mass is 302 g/mol. The summed E-state index contributed by atoms with van der Waals surface area (Å²) < 4.78 is 5.59. The highest BCUT2D eigenvalue weighted by molar-refractivity contribution is 5.74. The third-order valence-corrected chi connectivity index (χ3v) is 4.76. The van der Waals surface area contributed by atoms with Gasteiger partial charge >= 0.3 is 6.03 Å². The molecule has 1 aromatic carbocycles. The summed E-state index contributed by atoms with van der Waals surface area (Å²) in [6.45, 7) is 4.30. The molecule has 1 aromatic rings. The summed E-state index contributed by atoms with van der Waals surface area (Å²) in [4.78, 5) is 14.6. The van der Waals surface area contributed by atoms with Gasteiger partial charge in [0.05, 0.1) is 6.10 Å². The number of carbonyl (C=O) groups is 1.